The Morgan fingerprint density at radius 1 is 1.50 bits per heavy atom. The molecular weight excluding hydrogens is 180 g/mol. The van der Waals surface area contributed by atoms with Gasteiger partial charge in [0.05, 0.1) is 11.8 Å². The van der Waals surface area contributed by atoms with E-state index in [1.165, 1.54) is 13.3 Å². The van der Waals surface area contributed by atoms with E-state index in [-0.39, 0.29) is 11.3 Å². The maximum Gasteiger partial charge on any atom is 0.193 e. The number of nitrogens with one attached hydrogen (secondary N) is 1. The maximum absolute atomic E-state index is 11.7. The molecule has 14 heavy (non-hydrogen) atoms. The molecule has 0 bridgehead atoms. The molecular formula is C10H14N2O2. The summed E-state index contributed by atoms with van der Waals surface area (Å²) in [7, 11) is 1.44. The standard InChI is InChI=1S/C10H14N2O2/c1-7(2)9-6-11-4-8(10(9)13)5-12-14-3/h4-7H,1-3H3,(H,11,13). The van der Waals surface area contributed by atoms with Crippen LogP contribution in [-0.4, -0.2) is 18.3 Å². The van der Waals surface area contributed by atoms with Crippen molar-refractivity contribution in [1.82, 2.24) is 4.98 Å². The van der Waals surface area contributed by atoms with E-state index in [4.69, 9.17) is 0 Å². The van der Waals surface area contributed by atoms with Gasteiger partial charge in [0.15, 0.2) is 5.43 Å². The minimum atomic E-state index is -0.000417. The lowest BCUT2D eigenvalue weighted by Crippen LogP contribution is -2.15. The van der Waals surface area contributed by atoms with Gasteiger partial charge in [0.2, 0.25) is 0 Å². The van der Waals surface area contributed by atoms with Crippen molar-refractivity contribution in [2.75, 3.05) is 7.11 Å². The normalized spacial score (nSPS) is 11.1. The highest BCUT2D eigenvalue weighted by Crippen LogP contribution is 2.07. The van der Waals surface area contributed by atoms with Crippen LogP contribution in [0.4, 0.5) is 0 Å². The van der Waals surface area contributed by atoms with E-state index < -0.39 is 0 Å². The number of hydrogen-bond acceptors (Lipinski definition) is 3. The number of aromatic nitrogens is 1. The zero-order chi connectivity index (χ0) is 10.6. The van der Waals surface area contributed by atoms with Gasteiger partial charge in [-0.1, -0.05) is 19.0 Å². The van der Waals surface area contributed by atoms with Crippen LogP contribution in [0.5, 0.6) is 0 Å². The molecule has 4 heteroatoms. The minimum absolute atomic E-state index is 0.000417. The van der Waals surface area contributed by atoms with E-state index in [9.17, 15) is 4.79 Å². The second-order valence-electron chi connectivity index (χ2n) is 3.27. The van der Waals surface area contributed by atoms with Crippen molar-refractivity contribution in [2.45, 2.75) is 19.8 Å². The molecule has 1 N–H and O–H groups in total. The van der Waals surface area contributed by atoms with E-state index in [2.05, 4.69) is 15.0 Å². The zero-order valence-electron chi connectivity index (χ0n) is 8.57. The van der Waals surface area contributed by atoms with Gasteiger partial charge >= 0.3 is 0 Å². The molecule has 0 aliphatic rings. The zero-order valence-corrected chi connectivity index (χ0v) is 8.57. The highest BCUT2D eigenvalue weighted by molar-refractivity contribution is 5.78. The van der Waals surface area contributed by atoms with Crippen molar-refractivity contribution >= 4 is 6.21 Å². The molecule has 0 radical (unpaired) electrons. The molecule has 0 saturated heterocycles. The van der Waals surface area contributed by atoms with Crippen LogP contribution in [0.15, 0.2) is 22.3 Å². The van der Waals surface area contributed by atoms with Crippen LogP contribution in [0, 0.1) is 0 Å². The van der Waals surface area contributed by atoms with Gasteiger partial charge < -0.3 is 9.82 Å². The minimum Gasteiger partial charge on any atom is -0.399 e. The molecule has 76 valence electrons. The summed E-state index contributed by atoms with van der Waals surface area (Å²) in [6.45, 7) is 3.95. The summed E-state index contributed by atoms with van der Waals surface area (Å²) in [5.41, 5.74) is 1.27. The molecule has 1 heterocycles. The first kappa shape index (κ1) is 10.5. The number of H-pyrrole nitrogens is 1. The van der Waals surface area contributed by atoms with Crippen molar-refractivity contribution in [3.8, 4) is 0 Å². The number of pyridine rings is 1. The summed E-state index contributed by atoms with van der Waals surface area (Å²) in [4.78, 5) is 19.2. The quantitative estimate of drug-likeness (QED) is 0.585. The van der Waals surface area contributed by atoms with Gasteiger partial charge in [0, 0.05) is 18.0 Å². The van der Waals surface area contributed by atoms with E-state index >= 15 is 0 Å². The molecule has 0 aliphatic carbocycles. The molecule has 0 amide bonds. The van der Waals surface area contributed by atoms with Gasteiger partial charge in [-0.25, -0.2) is 0 Å². The van der Waals surface area contributed by atoms with Crippen LogP contribution in [0.3, 0.4) is 0 Å². The summed E-state index contributed by atoms with van der Waals surface area (Å²) in [6, 6.07) is 0. The van der Waals surface area contributed by atoms with Crippen molar-refractivity contribution in [2.24, 2.45) is 5.16 Å². The highest BCUT2D eigenvalue weighted by Gasteiger charge is 2.06. The van der Waals surface area contributed by atoms with E-state index in [0.29, 0.717) is 5.56 Å². The molecule has 0 fully saturated rings. The van der Waals surface area contributed by atoms with Crippen molar-refractivity contribution < 1.29 is 4.84 Å². The van der Waals surface area contributed by atoms with Crippen molar-refractivity contribution in [3.05, 3.63) is 33.7 Å². The first-order valence-electron chi connectivity index (χ1n) is 4.44. The average Bonchev–Trinajstić information content (AvgIpc) is 2.16. The average molecular weight is 194 g/mol. The predicted molar refractivity (Wildman–Crippen MR) is 55.8 cm³/mol. The molecule has 0 aromatic carbocycles. The smallest absolute Gasteiger partial charge is 0.193 e. The second-order valence-corrected chi connectivity index (χ2v) is 3.27. The van der Waals surface area contributed by atoms with Gasteiger partial charge in [-0.2, -0.15) is 0 Å². The summed E-state index contributed by atoms with van der Waals surface area (Å²) < 4.78 is 0. The Kier molecular flexibility index (Phi) is 3.45. The number of rotatable bonds is 3. The Bertz CT molecular complexity index is 380. The summed E-state index contributed by atoms with van der Waals surface area (Å²) in [5, 5.41) is 3.56. The number of nitrogens with zero attached hydrogens (tertiary/aromatic N) is 1. The molecule has 1 rings (SSSR count). The SMILES string of the molecule is CON=Cc1c[nH]cc(C(C)C)c1=O. The molecule has 1 aromatic rings. The fraction of sp³-hybridized carbons (Fsp3) is 0.400. The third-order valence-corrected chi connectivity index (χ3v) is 1.92. The third kappa shape index (κ3) is 2.22. The van der Waals surface area contributed by atoms with Gasteiger partial charge in [-0.3, -0.25) is 4.79 Å². The van der Waals surface area contributed by atoms with Gasteiger partial charge in [-0.15, -0.1) is 0 Å². The largest absolute Gasteiger partial charge is 0.399 e. The van der Waals surface area contributed by atoms with Crippen molar-refractivity contribution in [1.29, 1.82) is 0 Å². The number of aromatic amines is 1. The molecule has 1 aromatic heterocycles. The Morgan fingerprint density at radius 2 is 2.21 bits per heavy atom. The first-order valence-corrected chi connectivity index (χ1v) is 4.44. The number of oxime groups is 1. The monoisotopic (exact) mass is 194 g/mol. The van der Waals surface area contributed by atoms with Gasteiger partial charge in [0.1, 0.15) is 7.11 Å². The Morgan fingerprint density at radius 3 is 2.79 bits per heavy atom. The van der Waals surface area contributed by atoms with Crippen molar-refractivity contribution in [3.63, 3.8) is 0 Å². The fourth-order valence-corrected chi connectivity index (χ4v) is 1.15. The Hall–Kier alpha value is -1.58. The number of hydrogen-bond donors (Lipinski definition) is 1. The van der Waals surface area contributed by atoms with Crippen LogP contribution in [0.25, 0.3) is 0 Å². The predicted octanol–water partition coefficient (Wildman–Crippen LogP) is 1.48. The molecule has 0 aliphatic heterocycles. The lowest BCUT2D eigenvalue weighted by atomic mass is 10.0. The summed E-state index contributed by atoms with van der Waals surface area (Å²) >= 11 is 0. The topological polar surface area (TPSA) is 54.4 Å². The van der Waals surface area contributed by atoms with E-state index in [1.807, 2.05) is 13.8 Å². The lowest BCUT2D eigenvalue weighted by Gasteiger charge is -2.03. The second kappa shape index (κ2) is 4.60. The highest BCUT2D eigenvalue weighted by atomic mass is 16.6. The molecule has 0 atom stereocenters. The Labute approximate surface area is 82.6 Å². The lowest BCUT2D eigenvalue weighted by molar-refractivity contribution is 0.215. The summed E-state index contributed by atoms with van der Waals surface area (Å²) in [5.74, 6) is 0.203. The molecule has 0 unspecified atom stereocenters. The van der Waals surface area contributed by atoms with Crippen LogP contribution in [0.1, 0.15) is 30.9 Å². The van der Waals surface area contributed by atoms with E-state index in [1.54, 1.807) is 12.4 Å². The van der Waals surface area contributed by atoms with E-state index in [0.717, 1.165) is 5.56 Å². The van der Waals surface area contributed by atoms with Gasteiger partial charge in [0.25, 0.3) is 0 Å². The first-order chi connectivity index (χ1) is 6.66. The molecule has 0 saturated carbocycles. The van der Waals surface area contributed by atoms with Gasteiger partial charge in [-0.05, 0) is 5.92 Å². The molecule has 0 spiro atoms. The van der Waals surface area contributed by atoms with Crippen LogP contribution in [0.2, 0.25) is 0 Å². The van der Waals surface area contributed by atoms with Crippen LogP contribution < -0.4 is 5.43 Å². The van der Waals surface area contributed by atoms with Crippen LogP contribution in [-0.2, 0) is 4.84 Å². The maximum atomic E-state index is 11.7. The molecule has 4 nitrogen and oxygen atoms in total. The fourth-order valence-electron chi connectivity index (χ4n) is 1.15. The Balaban J connectivity index is 3.14. The van der Waals surface area contributed by atoms with Crippen LogP contribution >= 0.6 is 0 Å². The third-order valence-electron chi connectivity index (χ3n) is 1.92. The summed E-state index contributed by atoms with van der Waals surface area (Å²) in [6.07, 6.45) is 4.73.